The van der Waals surface area contributed by atoms with Gasteiger partial charge in [0.15, 0.2) is 11.5 Å². The molecule has 0 aromatic heterocycles. The van der Waals surface area contributed by atoms with Crippen molar-refractivity contribution in [3.63, 3.8) is 0 Å². The van der Waals surface area contributed by atoms with Gasteiger partial charge in [-0.2, -0.15) is 0 Å². The minimum atomic E-state index is -0.787. The first-order chi connectivity index (χ1) is 13.6. The van der Waals surface area contributed by atoms with Crippen molar-refractivity contribution in [2.24, 2.45) is 0 Å². The molecule has 29 heavy (non-hydrogen) atoms. The Bertz CT molecular complexity index is 748. The molecule has 1 saturated heterocycles. The predicted octanol–water partition coefficient (Wildman–Crippen LogP) is 1.97. The summed E-state index contributed by atoms with van der Waals surface area (Å²) in [5, 5.41) is 0. The number of hydrogen-bond acceptors (Lipinski definition) is 7. The summed E-state index contributed by atoms with van der Waals surface area (Å²) in [6, 6.07) is 2.32. The molecule has 1 aliphatic rings. The summed E-state index contributed by atoms with van der Waals surface area (Å²) in [6.07, 6.45) is 0.0768. The molecule has 1 aromatic carbocycles. The second kappa shape index (κ2) is 9.02. The first-order valence-corrected chi connectivity index (χ1v) is 9.19. The number of ether oxygens (including phenoxy) is 4. The van der Waals surface area contributed by atoms with E-state index < -0.39 is 17.7 Å². The standard InChI is InChI=1S/C20H28N2O7/c1-20(2,3)29-19(25)22-8-7-21(11-14(22)12-23)18(24)13-9-15(26-4)17(28-6)16(10-13)27-5/h9-10,12,14H,7-8,11H2,1-6H3. The van der Waals surface area contributed by atoms with Crippen molar-refractivity contribution < 1.29 is 33.3 Å². The van der Waals surface area contributed by atoms with Gasteiger partial charge in [-0.1, -0.05) is 0 Å². The van der Waals surface area contributed by atoms with Gasteiger partial charge >= 0.3 is 6.09 Å². The molecule has 9 nitrogen and oxygen atoms in total. The third-order valence-corrected chi connectivity index (χ3v) is 4.40. The summed E-state index contributed by atoms with van der Waals surface area (Å²) in [7, 11) is 4.41. The molecule has 2 rings (SSSR count). The van der Waals surface area contributed by atoms with Crippen LogP contribution in [-0.2, 0) is 9.53 Å². The Labute approximate surface area is 170 Å². The molecule has 2 amide bonds. The molecular weight excluding hydrogens is 380 g/mol. The van der Waals surface area contributed by atoms with Gasteiger partial charge in [-0.25, -0.2) is 4.79 Å². The van der Waals surface area contributed by atoms with Gasteiger partial charge in [-0.3, -0.25) is 9.69 Å². The van der Waals surface area contributed by atoms with Crippen LogP contribution in [0.3, 0.4) is 0 Å². The smallest absolute Gasteiger partial charge is 0.411 e. The number of rotatable bonds is 5. The predicted molar refractivity (Wildman–Crippen MR) is 105 cm³/mol. The van der Waals surface area contributed by atoms with Crippen molar-refractivity contribution in [1.29, 1.82) is 0 Å². The lowest BCUT2D eigenvalue weighted by atomic mass is 10.1. The highest BCUT2D eigenvalue weighted by molar-refractivity contribution is 5.96. The highest BCUT2D eigenvalue weighted by Gasteiger charge is 2.35. The summed E-state index contributed by atoms with van der Waals surface area (Å²) in [4.78, 5) is 39.8. The summed E-state index contributed by atoms with van der Waals surface area (Å²) in [6.45, 7) is 5.78. The van der Waals surface area contributed by atoms with E-state index in [0.29, 0.717) is 29.1 Å². The van der Waals surface area contributed by atoms with E-state index in [0.717, 1.165) is 0 Å². The van der Waals surface area contributed by atoms with Crippen LogP contribution < -0.4 is 14.2 Å². The molecule has 0 bridgehead atoms. The summed E-state index contributed by atoms with van der Waals surface area (Å²) < 4.78 is 21.2. The van der Waals surface area contributed by atoms with Crippen molar-refractivity contribution in [3.8, 4) is 17.2 Å². The molecule has 1 aliphatic heterocycles. The molecule has 0 aliphatic carbocycles. The van der Waals surface area contributed by atoms with Crippen molar-refractivity contribution in [3.05, 3.63) is 17.7 Å². The summed E-state index contributed by atoms with van der Waals surface area (Å²) in [5.41, 5.74) is -0.344. The van der Waals surface area contributed by atoms with Crippen LogP contribution in [0.4, 0.5) is 4.79 Å². The van der Waals surface area contributed by atoms with Crippen LogP contribution in [0.15, 0.2) is 12.1 Å². The molecule has 1 aromatic rings. The van der Waals surface area contributed by atoms with Crippen LogP contribution in [0.5, 0.6) is 17.2 Å². The van der Waals surface area contributed by atoms with Gasteiger partial charge in [0, 0.05) is 25.2 Å². The van der Waals surface area contributed by atoms with E-state index in [1.807, 2.05) is 0 Å². The van der Waals surface area contributed by atoms with Crippen LogP contribution >= 0.6 is 0 Å². The van der Waals surface area contributed by atoms with E-state index in [9.17, 15) is 14.4 Å². The average Bonchev–Trinajstić information content (AvgIpc) is 2.70. The minimum absolute atomic E-state index is 0.0677. The number of carbonyl (C=O) groups is 3. The number of hydrogen-bond donors (Lipinski definition) is 0. The van der Waals surface area contributed by atoms with Crippen molar-refractivity contribution in [2.75, 3.05) is 41.0 Å². The Kier molecular flexibility index (Phi) is 6.94. The van der Waals surface area contributed by atoms with Crippen LogP contribution in [0, 0.1) is 0 Å². The van der Waals surface area contributed by atoms with Crippen molar-refractivity contribution >= 4 is 18.3 Å². The van der Waals surface area contributed by atoms with E-state index in [1.165, 1.54) is 31.1 Å². The molecule has 9 heteroatoms. The highest BCUT2D eigenvalue weighted by Crippen LogP contribution is 2.38. The molecule has 0 radical (unpaired) electrons. The van der Waals surface area contributed by atoms with Crippen LogP contribution in [0.1, 0.15) is 31.1 Å². The Balaban J connectivity index is 2.21. The fourth-order valence-electron chi connectivity index (χ4n) is 3.05. The topological polar surface area (TPSA) is 94.6 Å². The van der Waals surface area contributed by atoms with Crippen molar-refractivity contribution in [2.45, 2.75) is 32.4 Å². The molecule has 1 heterocycles. The SMILES string of the molecule is COc1cc(C(=O)N2CCN(C(=O)OC(C)(C)C)C(C=O)C2)cc(OC)c1OC. The molecule has 0 N–H and O–H groups in total. The zero-order chi connectivity index (χ0) is 21.8. The molecule has 1 atom stereocenters. The average molecular weight is 408 g/mol. The van der Waals surface area contributed by atoms with Crippen LogP contribution in [0.25, 0.3) is 0 Å². The summed E-state index contributed by atoms with van der Waals surface area (Å²) >= 11 is 0. The zero-order valence-electron chi connectivity index (χ0n) is 17.7. The summed E-state index contributed by atoms with van der Waals surface area (Å²) in [5.74, 6) is 0.788. The Morgan fingerprint density at radius 3 is 2.07 bits per heavy atom. The van der Waals surface area contributed by atoms with Gasteiger partial charge in [-0.15, -0.1) is 0 Å². The number of methoxy groups -OCH3 is 3. The molecule has 1 fully saturated rings. The molecule has 0 spiro atoms. The molecule has 1 unspecified atom stereocenters. The lowest BCUT2D eigenvalue weighted by Gasteiger charge is -2.39. The number of aldehydes is 1. The fraction of sp³-hybridized carbons (Fsp3) is 0.550. The quantitative estimate of drug-likeness (QED) is 0.688. The molecular formula is C20H28N2O7. The van der Waals surface area contributed by atoms with Gasteiger partial charge < -0.3 is 28.6 Å². The van der Waals surface area contributed by atoms with Gasteiger partial charge in [0.05, 0.1) is 21.3 Å². The van der Waals surface area contributed by atoms with Crippen LogP contribution in [0.2, 0.25) is 0 Å². The first-order valence-electron chi connectivity index (χ1n) is 9.19. The highest BCUT2D eigenvalue weighted by atomic mass is 16.6. The normalized spacial score (nSPS) is 16.8. The fourth-order valence-corrected chi connectivity index (χ4v) is 3.05. The second-order valence-corrected chi connectivity index (χ2v) is 7.54. The van der Waals surface area contributed by atoms with E-state index in [1.54, 1.807) is 32.9 Å². The lowest BCUT2D eigenvalue weighted by Crippen LogP contribution is -2.58. The number of amides is 2. The number of nitrogens with zero attached hydrogens (tertiary/aromatic N) is 2. The van der Waals surface area contributed by atoms with Gasteiger partial charge in [0.25, 0.3) is 5.91 Å². The van der Waals surface area contributed by atoms with Gasteiger partial charge in [0.2, 0.25) is 5.75 Å². The maximum Gasteiger partial charge on any atom is 0.411 e. The van der Waals surface area contributed by atoms with Gasteiger partial charge in [0.1, 0.15) is 17.9 Å². The minimum Gasteiger partial charge on any atom is -0.493 e. The first kappa shape index (κ1) is 22.3. The monoisotopic (exact) mass is 408 g/mol. The maximum absolute atomic E-state index is 13.0. The number of piperazine rings is 1. The lowest BCUT2D eigenvalue weighted by molar-refractivity contribution is -0.114. The number of benzene rings is 1. The Morgan fingerprint density at radius 1 is 1.03 bits per heavy atom. The number of carbonyl (C=O) groups excluding carboxylic acids is 3. The largest absolute Gasteiger partial charge is 0.493 e. The van der Waals surface area contributed by atoms with E-state index in [4.69, 9.17) is 18.9 Å². The van der Waals surface area contributed by atoms with E-state index >= 15 is 0 Å². The Hall–Kier alpha value is -2.97. The van der Waals surface area contributed by atoms with Gasteiger partial charge in [-0.05, 0) is 32.9 Å². The maximum atomic E-state index is 13.0. The third kappa shape index (κ3) is 5.10. The van der Waals surface area contributed by atoms with Crippen LogP contribution in [-0.4, -0.2) is 80.7 Å². The van der Waals surface area contributed by atoms with Crippen molar-refractivity contribution in [1.82, 2.24) is 9.80 Å². The Morgan fingerprint density at radius 2 is 1.62 bits per heavy atom. The third-order valence-electron chi connectivity index (χ3n) is 4.40. The zero-order valence-corrected chi connectivity index (χ0v) is 17.7. The second-order valence-electron chi connectivity index (χ2n) is 7.54. The van der Waals surface area contributed by atoms with E-state index in [2.05, 4.69) is 0 Å². The molecule has 160 valence electrons. The molecule has 0 saturated carbocycles. The van der Waals surface area contributed by atoms with E-state index in [-0.39, 0.29) is 25.5 Å².